The minimum Gasteiger partial charge on any atom is -0.393 e. The molecule has 1 saturated heterocycles. The van der Waals surface area contributed by atoms with E-state index in [-0.39, 0.29) is 18.0 Å². The number of ether oxygens (including phenoxy) is 1. The Labute approximate surface area is 142 Å². The van der Waals surface area contributed by atoms with E-state index in [1.807, 2.05) is 18.7 Å². The summed E-state index contributed by atoms with van der Waals surface area (Å²) in [5, 5.41) is 14.3. The average Bonchev–Trinajstić information content (AvgIpc) is 2.45. The summed E-state index contributed by atoms with van der Waals surface area (Å²) in [4.78, 5) is 13.7. The van der Waals surface area contributed by atoms with Gasteiger partial charge in [-0.2, -0.15) is 0 Å². The van der Waals surface area contributed by atoms with Gasteiger partial charge in [0, 0.05) is 25.3 Å². The number of morpholine rings is 1. The lowest BCUT2D eigenvalue weighted by Gasteiger charge is -2.37. The summed E-state index contributed by atoms with van der Waals surface area (Å²) < 4.78 is 20.1. The summed E-state index contributed by atoms with van der Waals surface area (Å²) in [5.41, 5.74) is 0.900. The second-order valence-electron chi connectivity index (χ2n) is 6.35. The van der Waals surface area contributed by atoms with Gasteiger partial charge >= 0.3 is 6.03 Å². The van der Waals surface area contributed by atoms with Crippen LogP contribution in [-0.4, -0.2) is 49.1 Å². The lowest BCUT2D eigenvalue weighted by atomic mass is 10.2. The normalized spacial score (nSPS) is 22.1. The van der Waals surface area contributed by atoms with Crippen LogP contribution < -0.4 is 15.5 Å². The molecule has 24 heavy (non-hydrogen) atoms. The zero-order chi connectivity index (χ0) is 17.7. The molecule has 2 amide bonds. The first kappa shape index (κ1) is 18.5. The number of carbonyl (C=O) groups excluding carboxylic acids is 1. The summed E-state index contributed by atoms with van der Waals surface area (Å²) in [6.45, 7) is 7.21. The fourth-order valence-corrected chi connectivity index (χ4v) is 2.79. The molecule has 3 atom stereocenters. The van der Waals surface area contributed by atoms with E-state index in [9.17, 15) is 9.18 Å². The summed E-state index contributed by atoms with van der Waals surface area (Å²) in [7, 11) is 0. The molecule has 1 aromatic carbocycles. The monoisotopic (exact) mass is 339 g/mol. The predicted molar refractivity (Wildman–Crippen MR) is 91.9 cm³/mol. The largest absolute Gasteiger partial charge is 0.393 e. The van der Waals surface area contributed by atoms with Crippen molar-refractivity contribution in [1.82, 2.24) is 5.32 Å². The predicted octanol–water partition coefficient (Wildman–Crippen LogP) is 2.33. The molecule has 0 radical (unpaired) electrons. The van der Waals surface area contributed by atoms with Crippen molar-refractivity contribution in [2.24, 2.45) is 0 Å². The highest BCUT2D eigenvalue weighted by Gasteiger charge is 2.24. The molecule has 1 aromatic rings. The van der Waals surface area contributed by atoms with E-state index >= 15 is 0 Å². The standard InChI is InChI=1S/C17H26FN3O3/c1-11(22)6-7-19-17(23)20-14-4-5-16(15(18)8-14)21-9-12(2)24-13(3)10-21/h4-5,8,11-13,22H,6-7,9-10H2,1-3H3,(H2,19,20,23)/t11-,12-,13-/m0/s1. The van der Waals surface area contributed by atoms with Crippen molar-refractivity contribution in [2.75, 3.05) is 29.9 Å². The molecule has 0 spiro atoms. The number of anilines is 2. The Hall–Kier alpha value is -1.86. The minimum atomic E-state index is -0.472. The fourth-order valence-electron chi connectivity index (χ4n) is 2.79. The van der Waals surface area contributed by atoms with Gasteiger partial charge in [0.1, 0.15) is 5.82 Å². The van der Waals surface area contributed by atoms with Gasteiger partial charge in [0.05, 0.1) is 24.0 Å². The molecular formula is C17H26FN3O3. The molecule has 2 rings (SSSR count). The first-order chi connectivity index (χ1) is 11.3. The number of halogens is 1. The van der Waals surface area contributed by atoms with E-state index in [4.69, 9.17) is 9.84 Å². The van der Waals surface area contributed by atoms with Gasteiger partial charge in [0.25, 0.3) is 0 Å². The van der Waals surface area contributed by atoms with E-state index in [1.165, 1.54) is 6.07 Å². The van der Waals surface area contributed by atoms with Gasteiger partial charge in [0.15, 0.2) is 0 Å². The maximum Gasteiger partial charge on any atom is 0.319 e. The summed E-state index contributed by atoms with van der Waals surface area (Å²) in [6.07, 6.45) is 0.0883. The quantitative estimate of drug-likeness (QED) is 0.770. The van der Waals surface area contributed by atoms with E-state index in [2.05, 4.69) is 10.6 Å². The van der Waals surface area contributed by atoms with Crippen molar-refractivity contribution < 1.29 is 19.0 Å². The number of urea groups is 1. The van der Waals surface area contributed by atoms with Crippen LogP contribution in [0.3, 0.4) is 0 Å². The van der Waals surface area contributed by atoms with Gasteiger partial charge in [-0.3, -0.25) is 0 Å². The average molecular weight is 339 g/mol. The smallest absolute Gasteiger partial charge is 0.319 e. The van der Waals surface area contributed by atoms with Gasteiger partial charge in [-0.05, 0) is 45.4 Å². The van der Waals surface area contributed by atoms with E-state index in [1.54, 1.807) is 19.1 Å². The van der Waals surface area contributed by atoms with E-state index in [0.717, 1.165) is 0 Å². The maximum absolute atomic E-state index is 14.4. The Morgan fingerprint density at radius 3 is 2.67 bits per heavy atom. The highest BCUT2D eigenvalue weighted by atomic mass is 19.1. The molecule has 0 bridgehead atoms. The van der Waals surface area contributed by atoms with Crippen molar-refractivity contribution in [2.45, 2.75) is 45.5 Å². The third-order valence-electron chi connectivity index (χ3n) is 3.81. The number of benzene rings is 1. The highest BCUT2D eigenvalue weighted by molar-refractivity contribution is 5.89. The molecule has 1 heterocycles. The maximum atomic E-state index is 14.4. The molecule has 0 aliphatic carbocycles. The Balaban J connectivity index is 1.95. The topological polar surface area (TPSA) is 73.8 Å². The Kier molecular flexibility index (Phi) is 6.39. The van der Waals surface area contributed by atoms with Crippen LogP contribution in [-0.2, 0) is 4.74 Å². The molecule has 1 aliphatic rings. The number of hydrogen-bond donors (Lipinski definition) is 3. The molecular weight excluding hydrogens is 313 g/mol. The number of hydrogen-bond acceptors (Lipinski definition) is 4. The van der Waals surface area contributed by atoms with E-state index < -0.39 is 12.1 Å². The number of nitrogens with one attached hydrogen (secondary N) is 2. The summed E-state index contributed by atoms with van der Waals surface area (Å²) >= 11 is 0. The summed E-state index contributed by atoms with van der Waals surface area (Å²) in [5.74, 6) is -0.377. The zero-order valence-electron chi connectivity index (χ0n) is 14.4. The van der Waals surface area contributed by atoms with Crippen LogP contribution in [0.25, 0.3) is 0 Å². The van der Waals surface area contributed by atoms with Gasteiger partial charge in [-0.1, -0.05) is 0 Å². The third-order valence-corrected chi connectivity index (χ3v) is 3.81. The second kappa shape index (κ2) is 8.30. The SMILES string of the molecule is C[C@H](O)CCNC(=O)Nc1ccc(N2C[C@H](C)O[C@@H](C)C2)c(F)c1. The van der Waals surface area contributed by atoms with E-state index in [0.29, 0.717) is 37.4 Å². The molecule has 1 fully saturated rings. The molecule has 1 aliphatic heterocycles. The Morgan fingerprint density at radius 1 is 1.42 bits per heavy atom. The van der Waals surface area contributed by atoms with Gasteiger partial charge in [-0.15, -0.1) is 0 Å². The number of aliphatic hydroxyl groups is 1. The van der Waals surface area contributed by atoms with Crippen LogP contribution >= 0.6 is 0 Å². The van der Waals surface area contributed by atoms with Crippen LogP contribution in [0.2, 0.25) is 0 Å². The number of amides is 2. The zero-order valence-corrected chi connectivity index (χ0v) is 14.4. The molecule has 0 unspecified atom stereocenters. The first-order valence-corrected chi connectivity index (χ1v) is 8.28. The Morgan fingerprint density at radius 2 is 2.08 bits per heavy atom. The van der Waals surface area contributed by atoms with Crippen LogP contribution in [0, 0.1) is 5.82 Å². The molecule has 3 N–H and O–H groups in total. The first-order valence-electron chi connectivity index (χ1n) is 8.28. The number of rotatable bonds is 5. The van der Waals surface area contributed by atoms with Crippen molar-refractivity contribution in [1.29, 1.82) is 0 Å². The fraction of sp³-hybridized carbons (Fsp3) is 0.588. The van der Waals surface area contributed by atoms with Crippen LogP contribution in [0.4, 0.5) is 20.6 Å². The number of aliphatic hydroxyl groups excluding tert-OH is 1. The second-order valence-corrected chi connectivity index (χ2v) is 6.35. The number of nitrogens with zero attached hydrogens (tertiary/aromatic N) is 1. The number of carbonyl (C=O) groups is 1. The molecule has 7 heteroatoms. The summed E-state index contributed by atoms with van der Waals surface area (Å²) in [6, 6.07) is 4.24. The van der Waals surface area contributed by atoms with Crippen molar-refractivity contribution in [3.05, 3.63) is 24.0 Å². The van der Waals surface area contributed by atoms with Gasteiger partial charge in [0.2, 0.25) is 0 Å². The van der Waals surface area contributed by atoms with Crippen LogP contribution in [0.5, 0.6) is 0 Å². The molecule has 134 valence electrons. The van der Waals surface area contributed by atoms with Crippen molar-refractivity contribution >= 4 is 17.4 Å². The van der Waals surface area contributed by atoms with Crippen molar-refractivity contribution in [3.8, 4) is 0 Å². The minimum absolute atomic E-state index is 0.0469. The lowest BCUT2D eigenvalue weighted by Crippen LogP contribution is -2.45. The highest BCUT2D eigenvalue weighted by Crippen LogP contribution is 2.26. The molecule has 0 saturated carbocycles. The Bertz CT molecular complexity index is 558. The van der Waals surface area contributed by atoms with Crippen molar-refractivity contribution in [3.63, 3.8) is 0 Å². The van der Waals surface area contributed by atoms with Crippen LogP contribution in [0.15, 0.2) is 18.2 Å². The molecule has 6 nitrogen and oxygen atoms in total. The molecule has 0 aromatic heterocycles. The van der Waals surface area contributed by atoms with Crippen LogP contribution in [0.1, 0.15) is 27.2 Å². The van der Waals surface area contributed by atoms with Gasteiger partial charge in [-0.25, -0.2) is 9.18 Å². The third kappa shape index (κ3) is 5.35. The lowest BCUT2D eigenvalue weighted by molar-refractivity contribution is -0.00539. The van der Waals surface area contributed by atoms with Gasteiger partial charge < -0.3 is 25.4 Å².